The molecular formula is C21H28N4O. The van der Waals surface area contributed by atoms with Gasteiger partial charge in [-0.15, -0.1) is 0 Å². The molecule has 5 nitrogen and oxygen atoms in total. The zero-order valence-corrected chi connectivity index (χ0v) is 15.9. The minimum atomic E-state index is 0.128. The van der Waals surface area contributed by atoms with E-state index >= 15 is 0 Å². The second kappa shape index (κ2) is 8.32. The number of nitrogens with one attached hydrogen (secondary N) is 1. The van der Waals surface area contributed by atoms with E-state index in [2.05, 4.69) is 71.9 Å². The first-order valence-corrected chi connectivity index (χ1v) is 9.22. The lowest BCUT2D eigenvalue weighted by atomic mass is 9.93. The van der Waals surface area contributed by atoms with Crippen molar-refractivity contribution in [3.63, 3.8) is 0 Å². The first-order chi connectivity index (χ1) is 12.5. The lowest BCUT2D eigenvalue weighted by Gasteiger charge is -2.17. The van der Waals surface area contributed by atoms with Crippen molar-refractivity contribution in [2.24, 2.45) is 13.0 Å². The van der Waals surface area contributed by atoms with Crippen LogP contribution in [0.5, 0.6) is 0 Å². The van der Waals surface area contributed by atoms with Gasteiger partial charge >= 0.3 is 0 Å². The van der Waals surface area contributed by atoms with E-state index in [1.54, 1.807) is 0 Å². The van der Waals surface area contributed by atoms with Crippen LogP contribution in [-0.4, -0.2) is 34.7 Å². The van der Waals surface area contributed by atoms with E-state index in [0.717, 1.165) is 42.6 Å². The number of carbonyl (C=O) groups excluding carboxylic acids is 1. The van der Waals surface area contributed by atoms with Gasteiger partial charge in [0.25, 0.3) is 0 Å². The Labute approximate surface area is 155 Å². The first-order valence-electron chi connectivity index (χ1n) is 9.22. The minimum absolute atomic E-state index is 0.128. The molecule has 5 heteroatoms. The van der Waals surface area contributed by atoms with Gasteiger partial charge in [-0.1, -0.05) is 36.4 Å². The van der Waals surface area contributed by atoms with Gasteiger partial charge in [-0.2, -0.15) is 5.10 Å². The number of rotatable bonds is 6. The van der Waals surface area contributed by atoms with Gasteiger partial charge in [0.15, 0.2) is 0 Å². The van der Waals surface area contributed by atoms with Crippen molar-refractivity contribution in [3.05, 3.63) is 53.7 Å². The normalized spacial score (nSPS) is 16.8. The van der Waals surface area contributed by atoms with Gasteiger partial charge in [0.2, 0.25) is 5.91 Å². The molecule has 1 aromatic carbocycles. The number of nitrogens with zero attached hydrogens (tertiary/aromatic N) is 3. The zero-order chi connectivity index (χ0) is 18.5. The van der Waals surface area contributed by atoms with E-state index in [-0.39, 0.29) is 11.8 Å². The Morgan fingerprint density at radius 1 is 1.27 bits per heavy atom. The summed E-state index contributed by atoms with van der Waals surface area (Å²) in [6, 6.07) is 10.4. The summed E-state index contributed by atoms with van der Waals surface area (Å²) in [4.78, 5) is 14.4. The number of benzene rings is 1. The molecule has 0 saturated heterocycles. The van der Waals surface area contributed by atoms with Crippen LogP contribution in [0.1, 0.15) is 30.5 Å². The maximum absolute atomic E-state index is 12.2. The number of hydrogen-bond donors (Lipinski definition) is 1. The average Bonchev–Trinajstić information content (AvgIpc) is 3.00. The van der Waals surface area contributed by atoms with Crippen LogP contribution in [0.2, 0.25) is 0 Å². The largest absolute Gasteiger partial charge is 0.352 e. The summed E-state index contributed by atoms with van der Waals surface area (Å²) in [6.07, 6.45) is 7.09. The molecular weight excluding hydrogens is 324 g/mol. The summed E-state index contributed by atoms with van der Waals surface area (Å²) in [6.45, 7) is 1.44. The molecule has 1 N–H and O–H groups in total. The number of hydrogen-bond acceptors (Lipinski definition) is 3. The quantitative estimate of drug-likeness (QED) is 0.813. The van der Waals surface area contributed by atoms with E-state index in [4.69, 9.17) is 0 Å². The fraction of sp³-hybridized carbons (Fsp3) is 0.429. The molecule has 0 unspecified atom stereocenters. The minimum Gasteiger partial charge on any atom is -0.352 e. The van der Waals surface area contributed by atoms with Crippen LogP contribution < -0.4 is 5.32 Å². The lowest BCUT2D eigenvalue weighted by molar-refractivity contribution is -0.125. The summed E-state index contributed by atoms with van der Waals surface area (Å²) < 4.78 is 1.93. The number of carbonyl (C=O) groups is 1. The average molecular weight is 352 g/mol. The highest BCUT2D eigenvalue weighted by Crippen LogP contribution is 2.21. The van der Waals surface area contributed by atoms with Crippen molar-refractivity contribution in [2.75, 3.05) is 14.1 Å². The van der Waals surface area contributed by atoms with Crippen molar-refractivity contribution in [1.82, 2.24) is 20.0 Å². The van der Waals surface area contributed by atoms with Crippen LogP contribution in [0.3, 0.4) is 0 Å². The van der Waals surface area contributed by atoms with Gasteiger partial charge in [0.1, 0.15) is 0 Å². The summed E-state index contributed by atoms with van der Waals surface area (Å²) in [5.74, 6) is 0.291. The van der Waals surface area contributed by atoms with Crippen LogP contribution in [-0.2, 0) is 24.9 Å². The Hall–Kier alpha value is -2.40. The summed E-state index contributed by atoms with van der Waals surface area (Å²) in [5.41, 5.74) is 4.37. The van der Waals surface area contributed by atoms with E-state index in [1.165, 1.54) is 5.69 Å². The Bertz CT molecular complexity index is 774. The third kappa shape index (κ3) is 4.61. The van der Waals surface area contributed by atoms with Crippen molar-refractivity contribution < 1.29 is 4.79 Å². The highest BCUT2D eigenvalue weighted by Gasteiger charge is 2.18. The van der Waals surface area contributed by atoms with Crippen molar-refractivity contribution in [1.29, 1.82) is 0 Å². The number of aryl methyl sites for hydroxylation is 1. The predicted molar refractivity (Wildman–Crippen MR) is 104 cm³/mol. The molecule has 1 amide bonds. The Morgan fingerprint density at radius 2 is 2.04 bits per heavy atom. The fourth-order valence-corrected chi connectivity index (χ4v) is 3.28. The molecule has 0 spiro atoms. The lowest BCUT2D eigenvalue weighted by Crippen LogP contribution is -2.30. The van der Waals surface area contributed by atoms with Crippen LogP contribution >= 0.6 is 0 Å². The van der Waals surface area contributed by atoms with Gasteiger partial charge < -0.3 is 10.2 Å². The van der Waals surface area contributed by atoms with Crippen molar-refractivity contribution in [2.45, 2.75) is 32.4 Å². The number of aromatic nitrogens is 2. The fourth-order valence-electron chi connectivity index (χ4n) is 3.28. The van der Waals surface area contributed by atoms with Gasteiger partial charge in [-0.05, 0) is 45.0 Å². The molecule has 1 heterocycles. The van der Waals surface area contributed by atoms with Crippen molar-refractivity contribution in [3.8, 4) is 11.3 Å². The van der Waals surface area contributed by atoms with Gasteiger partial charge in [-0.25, -0.2) is 0 Å². The molecule has 0 aliphatic heterocycles. The second-order valence-corrected chi connectivity index (χ2v) is 7.28. The van der Waals surface area contributed by atoms with E-state index in [9.17, 15) is 4.79 Å². The maximum atomic E-state index is 12.2. The molecule has 1 atom stereocenters. The molecule has 0 radical (unpaired) electrons. The highest BCUT2D eigenvalue weighted by molar-refractivity contribution is 5.79. The Morgan fingerprint density at radius 3 is 2.69 bits per heavy atom. The Kier molecular flexibility index (Phi) is 5.89. The van der Waals surface area contributed by atoms with Crippen LogP contribution in [0.25, 0.3) is 11.3 Å². The maximum Gasteiger partial charge on any atom is 0.223 e. The molecule has 0 fully saturated rings. The van der Waals surface area contributed by atoms with Gasteiger partial charge in [0.05, 0.1) is 11.4 Å². The Balaban J connectivity index is 1.60. The van der Waals surface area contributed by atoms with Crippen molar-refractivity contribution >= 4 is 5.91 Å². The number of allylic oxidation sites excluding steroid dienone is 2. The second-order valence-electron chi connectivity index (χ2n) is 7.28. The molecule has 3 rings (SSSR count). The SMILES string of the molecule is CN(C)Cc1cc(-c2ccc(CNC(=O)[C@H]3CC=CCC3)cc2)nn1C. The molecule has 138 valence electrons. The van der Waals surface area contributed by atoms with Crippen LogP contribution in [0, 0.1) is 5.92 Å². The summed E-state index contributed by atoms with van der Waals surface area (Å²) >= 11 is 0. The van der Waals surface area contributed by atoms with E-state index in [1.807, 2.05) is 11.7 Å². The van der Waals surface area contributed by atoms with Gasteiger partial charge in [-0.3, -0.25) is 9.48 Å². The predicted octanol–water partition coefficient (Wildman–Crippen LogP) is 3.12. The zero-order valence-electron chi connectivity index (χ0n) is 15.9. The standard InChI is InChI=1S/C21H28N4O/c1-24(2)15-19-13-20(23-25(19)3)17-11-9-16(10-12-17)14-22-21(26)18-7-5-4-6-8-18/h4-5,9-13,18H,6-8,14-15H2,1-3H3,(H,22,26)/t18-/m0/s1. The molecule has 1 aliphatic rings. The first kappa shape index (κ1) is 18.4. The van der Waals surface area contributed by atoms with Crippen LogP contribution in [0.4, 0.5) is 0 Å². The summed E-state index contributed by atoms with van der Waals surface area (Å²) in [5, 5.41) is 7.68. The summed E-state index contributed by atoms with van der Waals surface area (Å²) in [7, 11) is 6.09. The molecule has 1 aromatic heterocycles. The third-order valence-electron chi connectivity index (χ3n) is 4.81. The molecule has 0 saturated carbocycles. The van der Waals surface area contributed by atoms with Gasteiger partial charge in [0, 0.05) is 31.6 Å². The molecule has 2 aromatic rings. The van der Waals surface area contributed by atoms with Crippen LogP contribution in [0.15, 0.2) is 42.5 Å². The molecule has 26 heavy (non-hydrogen) atoms. The smallest absolute Gasteiger partial charge is 0.223 e. The van der Waals surface area contributed by atoms with E-state index in [0.29, 0.717) is 6.54 Å². The molecule has 1 aliphatic carbocycles. The molecule has 0 bridgehead atoms. The topological polar surface area (TPSA) is 50.2 Å². The third-order valence-corrected chi connectivity index (χ3v) is 4.81. The number of amides is 1. The van der Waals surface area contributed by atoms with E-state index < -0.39 is 0 Å². The highest BCUT2D eigenvalue weighted by atomic mass is 16.1. The monoisotopic (exact) mass is 352 g/mol.